The van der Waals surface area contributed by atoms with Crippen LogP contribution in [0.15, 0.2) is 18.3 Å². The Kier molecular flexibility index (Phi) is 2.79. The van der Waals surface area contributed by atoms with Crippen molar-refractivity contribution in [1.82, 2.24) is 10.3 Å². The Morgan fingerprint density at radius 3 is 2.88 bits per heavy atom. The SMILES string of the molecule is O=C1CCC(C(=O)O)(c2cc(F)ccn2)CN1. The Balaban J connectivity index is 2.41. The van der Waals surface area contributed by atoms with Crippen LogP contribution in [0.25, 0.3) is 0 Å². The third-order valence-corrected chi connectivity index (χ3v) is 2.99. The molecule has 1 aliphatic rings. The fourth-order valence-corrected chi connectivity index (χ4v) is 1.93. The molecule has 1 aromatic heterocycles. The molecule has 1 saturated heterocycles. The first kappa shape index (κ1) is 11.5. The number of rotatable bonds is 2. The van der Waals surface area contributed by atoms with E-state index in [9.17, 15) is 19.1 Å². The van der Waals surface area contributed by atoms with Crippen LogP contribution in [0, 0.1) is 5.82 Å². The number of pyridine rings is 1. The Morgan fingerprint density at radius 2 is 2.35 bits per heavy atom. The smallest absolute Gasteiger partial charge is 0.317 e. The van der Waals surface area contributed by atoms with Crippen LogP contribution in [0.2, 0.25) is 0 Å². The number of amides is 1. The quantitative estimate of drug-likeness (QED) is 0.784. The zero-order chi connectivity index (χ0) is 12.5. The summed E-state index contributed by atoms with van der Waals surface area (Å²) in [5, 5.41) is 11.8. The van der Waals surface area contributed by atoms with Gasteiger partial charge in [-0.25, -0.2) is 4.39 Å². The molecule has 1 aromatic rings. The van der Waals surface area contributed by atoms with Crippen LogP contribution in [-0.2, 0) is 15.0 Å². The number of carbonyl (C=O) groups excluding carboxylic acids is 1. The Hall–Kier alpha value is -1.98. The number of halogens is 1. The number of piperidine rings is 1. The van der Waals surface area contributed by atoms with E-state index in [1.165, 1.54) is 6.20 Å². The Morgan fingerprint density at radius 1 is 1.59 bits per heavy atom. The average molecular weight is 238 g/mol. The van der Waals surface area contributed by atoms with E-state index in [2.05, 4.69) is 10.3 Å². The average Bonchev–Trinajstić information content (AvgIpc) is 2.30. The monoisotopic (exact) mass is 238 g/mol. The molecule has 1 aliphatic heterocycles. The zero-order valence-corrected chi connectivity index (χ0v) is 8.94. The maximum atomic E-state index is 13.1. The summed E-state index contributed by atoms with van der Waals surface area (Å²) in [5.41, 5.74) is -1.18. The van der Waals surface area contributed by atoms with Crippen LogP contribution in [0.3, 0.4) is 0 Å². The predicted octanol–water partition coefficient (Wildman–Crippen LogP) is 0.453. The van der Waals surface area contributed by atoms with E-state index in [0.717, 1.165) is 12.1 Å². The summed E-state index contributed by atoms with van der Waals surface area (Å²) >= 11 is 0. The summed E-state index contributed by atoms with van der Waals surface area (Å²) in [5.74, 6) is -1.83. The topological polar surface area (TPSA) is 79.3 Å². The summed E-state index contributed by atoms with van der Waals surface area (Å²) in [7, 11) is 0. The highest BCUT2D eigenvalue weighted by Gasteiger charge is 2.44. The number of carboxylic acids is 1. The number of aliphatic carboxylic acids is 1. The Bertz CT molecular complexity index is 466. The summed E-state index contributed by atoms with van der Waals surface area (Å²) < 4.78 is 13.1. The van der Waals surface area contributed by atoms with Gasteiger partial charge < -0.3 is 10.4 Å². The van der Waals surface area contributed by atoms with E-state index in [1.54, 1.807) is 0 Å². The van der Waals surface area contributed by atoms with Crippen molar-refractivity contribution in [1.29, 1.82) is 0 Å². The van der Waals surface area contributed by atoms with Crippen LogP contribution in [0.1, 0.15) is 18.5 Å². The van der Waals surface area contributed by atoms with E-state index in [0.29, 0.717) is 0 Å². The minimum atomic E-state index is -1.32. The van der Waals surface area contributed by atoms with Gasteiger partial charge >= 0.3 is 5.97 Å². The van der Waals surface area contributed by atoms with Crippen molar-refractivity contribution in [2.75, 3.05) is 6.54 Å². The molecule has 1 amide bonds. The molecular formula is C11H11FN2O3. The third kappa shape index (κ3) is 1.98. The minimum Gasteiger partial charge on any atom is -0.480 e. The highest BCUT2D eigenvalue weighted by Crippen LogP contribution is 2.30. The number of carbonyl (C=O) groups is 2. The summed E-state index contributed by atoms with van der Waals surface area (Å²) in [4.78, 5) is 26.4. The minimum absolute atomic E-state index is 0.0579. The molecule has 0 radical (unpaired) electrons. The first-order valence-electron chi connectivity index (χ1n) is 5.17. The van der Waals surface area contributed by atoms with Crippen LogP contribution in [0.4, 0.5) is 4.39 Å². The van der Waals surface area contributed by atoms with E-state index < -0.39 is 17.2 Å². The second-order valence-electron chi connectivity index (χ2n) is 4.02. The molecule has 17 heavy (non-hydrogen) atoms. The van der Waals surface area contributed by atoms with E-state index in [1.807, 2.05) is 0 Å². The third-order valence-electron chi connectivity index (χ3n) is 2.99. The van der Waals surface area contributed by atoms with Gasteiger partial charge in [0, 0.05) is 19.2 Å². The second-order valence-corrected chi connectivity index (χ2v) is 4.02. The molecule has 1 unspecified atom stereocenters. The van der Waals surface area contributed by atoms with Gasteiger partial charge in [-0.2, -0.15) is 0 Å². The largest absolute Gasteiger partial charge is 0.480 e. The normalized spacial score (nSPS) is 24.2. The highest BCUT2D eigenvalue weighted by molar-refractivity contribution is 5.86. The van der Waals surface area contributed by atoms with Crippen LogP contribution < -0.4 is 5.32 Å². The fourth-order valence-electron chi connectivity index (χ4n) is 1.93. The van der Waals surface area contributed by atoms with E-state index in [4.69, 9.17) is 0 Å². The van der Waals surface area contributed by atoms with Crippen molar-refractivity contribution in [2.45, 2.75) is 18.3 Å². The number of aromatic nitrogens is 1. The molecule has 0 spiro atoms. The lowest BCUT2D eigenvalue weighted by Crippen LogP contribution is -2.51. The number of nitrogens with zero attached hydrogens (tertiary/aromatic N) is 1. The maximum absolute atomic E-state index is 13.1. The van der Waals surface area contributed by atoms with Gasteiger partial charge in [0.2, 0.25) is 5.91 Å². The van der Waals surface area contributed by atoms with E-state index >= 15 is 0 Å². The van der Waals surface area contributed by atoms with Crippen molar-refractivity contribution in [2.24, 2.45) is 0 Å². The molecule has 0 saturated carbocycles. The summed E-state index contributed by atoms with van der Waals surface area (Å²) in [6, 6.07) is 2.26. The van der Waals surface area contributed by atoms with Crippen molar-refractivity contribution in [3.8, 4) is 0 Å². The predicted molar refractivity (Wildman–Crippen MR) is 55.8 cm³/mol. The van der Waals surface area contributed by atoms with Gasteiger partial charge in [0.1, 0.15) is 11.2 Å². The lowest BCUT2D eigenvalue weighted by atomic mass is 9.77. The maximum Gasteiger partial charge on any atom is 0.317 e. The van der Waals surface area contributed by atoms with Crippen molar-refractivity contribution < 1.29 is 19.1 Å². The van der Waals surface area contributed by atoms with Crippen molar-refractivity contribution in [3.63, 3.8) is 0 Å². The summed E-state index contributed by atoms with van der Waals surface area (Å²) in [6.45, 7) is -0.0579. The van der Waals surface area contributed by atoms with Gasteiger partial charge in [-0.1, -0.05) is 0 Å². The molecule has 2 rings (SSSR count). The molecule has 6 heteroatoms. The van der Waals surface area contributed by atoms with E-state index in [-0.39, 0.29) is 31.0 Å². The van der Waals surface area contributed by atoms with Crippen LogP contribution in [-0.4, -0.2) is 28.5 Å². The second kappa shape index (κ2) is 4.12. The lowest BCUT2D eigenvalue weighted by Gasteiger charge is -2.32. The molecular weight excluding hydrogens is 227 g/mol. The molecule has 2 N–H and O–H groups in total. The van der Waals surface area contributed by atoms with Crippen molar-refractivity contribution >= 4 is 11.9 Å². The Labute approximate surface area is 96.7 Å². The molecule has 0 aliphatic carbocycles. The zero-order valence-electron chi connectivity index (χ0n) is 8.94. The van der Waals surface area contributed by atoms with Gasteiger partial charge in [0.05, 0.1) is 5.69 Å². The van der Waals surface area contributed by atoms with Crippen LogP contribution in [0.5, 0.6) is 0 Å². The van der Waals surface area contributed by atoms with Gasteiger partial charge in [-0.05, 0) is 18.6 Å². The number of hydrogen-bond acceptors (Lipinski definition) is 3. The van der Waals surface area contributed by atoms with Crippen molar-refractivity contribution in [3.05, 3.63) is 29.8 Å². The number of nitrogens with one attached hydrogen (secondary N) is 1. The molecule has 0 bridgehead atoms. The van der Waals surface area contributed by atoms with Gasteiger partial charge in [0.15, 0.2) is 0 Å². The molecule has 90 valence electrons. The first-order valence-corrected chi connectivity index (χ1v) is 5.17. The number of hydrogen-bond donors (Lipinski definition) is 2. The molecule has 0 aromatic carbocycles. The lowest BCUT2D eigenvalue weighted by molar-refractivity contribution is -0.145. The molecule has 2 heterocycles. The van der Waals surface area contributed by atoms with Crippen LogP contribution >= 0.6 is 0 Å². The molecule has 1 atom stereocenters. The molecule has 5 nitrogen and oxygen atoms in total. The highest BCUT2D eigenvalue weighted by atomic mass is 19.1. The first-order chi connectivity index (χ1) is 8.04. The molecule has 1 fully saturated rings. The standard InChI is InChI=1S/C11H11FN2O3/c12-7-2-4-13-8(5-7)11(10(16)17)3-1-9(15)14-6-11/h2,4-5H,1,3,6H2,(H,14,15)(H,16,17). The van der Waals surface area contributed by atoms with Gasteiger partial charge in [-0.3, -0.25) is 14.6 Å². The fraction of sp³-hybridized carbons (Fsp3) is 0.364. The summed E-state index contributed by atoms with van der Waals surface area (Å²) in [6.07, 6.45) is 1.46. The number of carboxylic acid groups (broad SMARTS) is 1. The van der Waals surface area contributed by atoms with Gasteiger partial charge in [-0.15, -0.1) is 0 Å². The van der Waals surface area contributed by atoms with Gasteiger partial charge in [0.25, 0.3) is 0 Å².